The molecule has 0 radical (unpaired) electrons. The van der Waals surface area contributed by atoms with Crippen LogP contribution in [0.5, 0.6) is 0 Å². The quantitative estimate of drug-likeness (QED) is 0.741. The fourth-order valence-corrected chi connectivity index (χ4v) is 4.71. The van der Waals surface area contributed by atoms with Gasteiger partial charge in [-0.25, -0.2) is 0 Å². The van der Waals surface area contributed by atoms with Crippen molar-refractivity contribution in [3.63, 3.8) is 0 Å². The van der Waals surface area contributed by atoms with E-state index in [4.69, 9.17) is 9.72 Å². The number of rotatable bonds is 2. The largest absolute Gasteiger partial charge is 0.378 e. The number of H-pyrrole nitrogens is 1. The van der Waals surface area contributed by atoms with Gasteiger partial charge in [-0.05, 0) is 31.6 Å². The Morgan fingerprint density at radius 3 is 2.64 bits per heavy atom. The van der Waals surface area contributed by atoms with Crippen molar-refractivity contribution in [2.45, 2.75) is 32.3 Å². The first-order valence-electron chi connectivity index (χ1n) is 9.93. The van der Waals surface area contributed by atoms with Gasteiger partial charge >= 0.3 is 0 Å². The number of aromatic nitrogens is 4. The first-order valence-corrected chi connectivity index (χ1v) is 9.93. The summed E-state index contributed by atoms with van der Waals surface area (Å²) in [4.78, 5) is 20.2. The summed E-state index contributed by atoms with van der Waals surface area (Å²) in [7, 11) is 1.80. The van der Waals surface area contributed by atoms with Crippen LogP contribution in [0.4, 0.5) is 5.95 Å². The summed E-state index contributed by atoms with van der Waals surface area (Å²) < 4.78 is 7.49. The van der Waals surface area contributed by atoms with E-state index in [-0.39, 0.29) is 5.56 Å². The molecule has 5 rings (SSSR count). The maximum atomic E-state index is 13.2. The summed E-state index contributed by atoms with van der Waals surface area (Å²) in [6, 6.07) is 9.75. The van der Waals surface area contributed by atoms with Gasteiger partial charge in [0.1, 0.15) is 11.1 Å². The molecule has 4 heterocycles. The van der Waals surface area contributed by atoms with Gasteiger partial charge in [0.05, 0.1) is 12.7 Å². The molecule has 1 N–H and O–H groups in total. The fraction of sp³-hybridized carbons (Fsp3) is 0.476. The number of ether oxygens (including phenoxy) is 1. The molecule has 0 amide bonds. The minimum atomic E-state index is -0.0642. The second-order valence-electron chi connectivity index (χ2n) is 8.25. The van der Waals surface area contributed by atoms with Gasteiger partial charge in [-0.3, -0.25) is 14.5 Å². The lowest BCUT2D eigenvalue weighted by Gasteiger charge is -2.39. The predicted molar refractivity (Wildman–Crippen MR) is 108 cm³/mol. The van der Waals surface area contributed by atoms with Crippen molar-refractivity contribution in [2.24, 2.45) is 12.5 Å². The Morgan fingerprint density at radius 2 is 1.96 bits per heavy atom. The van der Waals surface area contributed by atoms with Crippen LogP contribution in [-0.2, 0) is 11.8 Å². The van der Waals surface area contributed by atoms with Crippen molar-refractivity contribution in [3.05, 3.63) is 40.7 Å². The number of aromatic amines is 1. The third-order valence-corrected chi connectivity index (χ3v) is 6.33. The Balaban J connectivity index is 1.49. The topological polar surface area (TPSA) is 76.0 Å². The molecule has 1 spiro atoms. The zero-order chi connectivity index (χ0) is 19.3. The molecule has 0 saturated carbocycles. The zero-order valence-corrected chi connectivity index (χ0v) is 16.3. The molecular weight excluding hydrogens is 354 g/mol. The van der Waals surface area contributed by atoms with E-state index in [9.17, 15) is 4.79 Å². The third-order valence-electron chi connectivity index (χ3n) is 6.33. The van der Waals surface area contributed by atoms with E-state index in [1.807, 2.05) is 30.3 Å². The van der Waals surface area contributed by atoms with Crippen LogP contribution in [0, 0.1) is 5.41 Å². The Bertz CT molecular complexity index is 1060. The first-order chi connectivity index (χ1) is 13.6. The summed E-state index contributed by atoms with van der Waals surface area (Å²) in [6.45, 7) is 4.79. The molecule has 2 aliphatic rings. The third kappa shape index (κ3) is 2.73. The Kier molecular flexibility index (Phi) is 4.01. The molecule has 0 unspecified atom stereocenters. The van der Waals surface area contributed by atoms with Crippen molar-refractivity contribution in [3.8, 4) is 11.3 Å². The number of anilines is 1. The van der Waals surface area contributed by atoms with E-state index in [0.29, 0.717) is 34.2 Å². The summed E-state index contributed by atoms with van der Waals surface area (Å²) in [5.74, 6) is 0.711. The molecule has 0 bridgehead atoms. The first kappa shape index (κ1) is 17.4. The lowest BCUT2D eigenvalue weighted by Crippen LogP contribution is -2.43. The molecular formula is C21H25N5O2. The molecule has 7 heteroatoms. The second kappa shape index (κ2) is 6.44. The molecule has 2 saturated heterocycles. The smallest absolute Gasteiger partial charge is 0.266 e. The van der Waals surface area contributed by atoms with Gasteiger partial charge in [0.15, 0.2) is 5.65 Å². The minimum Gasteiger partial charge on any atom is -0.378 e. The van der Waals surface area contributed by atoms with Crippen LogP contribution < -0.4 is 10.5 Å². The summed E-state index contributed by atoms with van der Waals surface area (Å²) in [5, 5.41) is 7.90. The van der Waals surface area contributed by atoms with Crippen LogP contribution in [-0.4, -0.2) is 45.5 Å². The van der Waals surface area contributed by atoms with Gasteiger partial charge in [0.2, 0.25) is 5.95 Å². The molecule has 2 aliphatic heterocycles. The van der Waals surface area contributed by atoms with Crippen molar-refractivity contribution < 1.29 is 4.74 Å². The van der Waals surface area contributed by atoms with Crippen molar-refractivity contribution >= 4 is 17.0 Å². The van der Waals surface area contributed by atoms with Crippen LogP contribution in [0.25, 0.3) is 22.3 Å². The zero-order valence-electron chi connectivity index (χ0n) is 16.3. The highest BCUT2D eigenvalue weighted by molar-refractivity contribution is 5.90. The van der Waals surface area contributed by atoms with E-state index in [1.54, 1.807) is 11.6 Å². The van der Waals surface area contributed by atoms with E-state index in [1.165, 1.54) is 0 Å². The average Bonchev–Trinajstić information content (AvgIpc) is 3.30. The molecule has 2 aromatic heterocycles. The summed E-state index contributed by atoms with van der Waals surface area (Å²) >= 11 is 0. The molecule has 2 fully saturated rings. The summed E-state index contributed by atoms with van der Waals surface area (Å²) in [5.41, 5.74) is 2.36. The van der Waals surface area contributed by atoms with Gasteiger partial charge in [0.25, 0.3) is 5.56 Å². The average molecular weight is 379 g/mol. The van der Waals surface area contributed by atoms with Gasteiger partial charge in [-0.1, -0.05) is 30.3 Å². The summed E-state index contributed by atoms with van der Waals surface area (Å²) in [6.07, 6.45) is 3.63. The van der Waals surface area contributed by atoms with E-state index in [2.05, 4.69) is 22.0 Å². The molecule has 3 aromatic rings. The number of benzene rings is 1. The Morgan fingerprint density at radius 1 is 1.21 bits per heavy atom. The van der Waals surface area contributed by atoms with Crippen LogP contribution >= 0.6 is 0 Å². The normalized spacial score (nSPS) is 21.6. The van der Waals surface area contributed by atoms with Gasteiger partial charge in [-0.15, -0.1) is 0 Å². The standard InChI is InChI=1S/C21H25N5O2/c1-14-12-21(13-28-14)8-10-26(11-9-21)20-22-18-16(19(27)25(20)2)17(23-24-18)15-6-4-3-5-7-15/h3-7,14H,8-13H2,1-2H3,(H,23,24)/t14-/m0/s1. The van der Waals surface area contributed by atoms with Crippen LogP contribution in [0.2, 0.25) is 0 Å². The van der Waals surface area contributed by atoms with Crippen molar-refractivity contribution in [1.82, 2.24) is 19.7 Å². The predicted octanol–water partition coefficient (Wildman–Crippen LogP) is 2.72. The van der Waals surface area contributed by atoms with Crippen molar-refractivity contribution in [1.29, 1.82) is 0 Å². The SMILES string of the molecule is C[C@H]1CC2(CCN(c3nc4[nH]nc(-c5ccccc5)c4c(=O)n3C)CC2)CO1. The van der Waals surface area contributed by atoms with E-state index < -0.39 is 0 Å². The lowest BCUT2D eigenvalue weighted by atomic mass is 9.77. The van der Waals surface area contributed by atoms with E-state index >= 15 is 0 Å². The highest BCUT2D eigenvalue weighted by Gasteiger charge is 2.41. The number of nitrogens with zero attached hydrogens (tertiary/aromatic N) is 4. The van der Waals surface area contributed by atoms with Crippen molar-refractivity contribution in [2.75, 3.05) is 24.6 Å². The fourth-order valence-electron chi connectivity index (χ4n) is 4.71. The maximum absolute atomic E-state index is 13.2. The molecule has 0 aliphatic carbocycles. The lowest BCUT2D eigenvalue weighted by molar-refractivity contribution is 0.0974. The van der Waals surface area contributed by atoms with Crippen LogP contribution in [0.3, 0.4) is 0 Å². The van der Waals surface area contributed by atoms with Gasteiger partial charge < -0.3 is 9.64 Å². The van der Waals surface area contributed by atoms with Gasteiger partial charge in [-0.2, -0.15) is 10.1 Å². The highest BCUT2D eigenvalue weighted by Crippen LogP contribution is 2.42. The number of hydrogen-bond donors (Lipinski definition) is 1. The number of fused-ring (bicyclic) bond motifs is 1. The molecule has 1 atom stereocenters. The maximum Gasteiger partial charge on any atom is 0.266 e. The second-order valence-corrected chi connectivity index (χ2v) is 8.25. The number of hydrogen-bond acceptors (Lipinski definition) is 5. The van der Waals surface area contributed by atoms with Crippen LogP contribution in [0.15, 0.2) is 35.1 Å². The highest BCUT2D eigenvalue weighted by atomic mass is 16.5. The molecule has 146 valence electrons. The van der Waals surface area contributed by atoms with E-state index in [0.717, 1.165) is 44.5 Å². The van der Waals surface area contributed by atoms with Crippen LogP contribution in [0.1, 0.15) is 26.2 Å². The molecule has 1 aromatic carbocycles. The monoisotopic (exact) mass is 379 g/mol. The number of piperidine rings is 1. The Hall–Kier alpha value is -2.67. The minimum absolute atomic E-state index is 0.0642. The van der Waals surface area contributed by atoms with Gasteiger partial charge in [0, 0.05) is 25.7 Å². The molecule has 28 heavy (non-hydrogen) atoms. The number of nitrogens with one attached hydrogen (secondary N) is 1. The Labute approximate surface area is 163 Å². The molecule has 7 nitrogen and oxygen atoms in total.